The van der Waals surface area contributed by atoms with E-state index >= 15 is 0 Å². The zero-order valence-corrected chi connectivity index (χ0v) is 13.4. The third-order valence-corrected chi connectivity index (χ3v) is 4.03. The second kappa shape index (κ2) is 6.13. The molecule has 1 heterocycles. The molecular weight excluding hydrogens is 294 g/mol. The highest BCUT2D eigenvalue weighted by Crippen LogP contribution is 2.23. The highest BCUT2D eigenvalue weighted by Gasteiger charge is 2.10. The summed E-state index contributed by atoms with van der Waals surface area (Å²) in [5.74, 6) is 0. The Bertz CT molecular complexity index is 996. The van der Waals surface area contributed by atoms with Crippen LogP contribution in [0.4, 0.5) is 0 Å². The monoisotopic (exact) mass is 311 g/mol. The Labute approximate surface area is 140 Å². The normalized spacial score (nSPS) is 11.8. The highest BCUT2D eigenvalue weighted by molar-refractivity contribution is 5.87. The van der Waals surface area contributed by atoms with Gasteiger partial charge < -0.3 is 0 Å². The van der Waals surface area contributed by atoms with Crippen molar-refractivity contribution in [2.75, 3.05) is 0 Å². The maximum Gasteiger partial charge on any atom is 0.113 e. The summed E-state index contributed by atoms with van der Waals surface area (Å²) in [6, 6.07) is 26.8. The smallest absolute Gasteiger partial charge is 0.113 e. The third-order valence-electron chi connectivity index (χ3n) is 4.03. The summed E-state index contributed by atoms with van der Waals surface area (Å²) < 4.78 is 1.91. The van der Waals surface area contributed by atoms with Gasteiger partial charge in [-0.1, -0.05) is 77.5 Å². The molecule has 0 saturated carbocycles. The lowest BCUT2D eigenvalue weighted by Crippen LogP contribution is -2.01. The lowest BCUT2D eigenvalue weighted by molar-refractivity contribution is 0.843. The molecule has 0 unspecified atom stereocenters. The quantitative estimate of drug-likeness (QED) is 0.509. The van der Waals surface area contributed by atoms with Crippen LogP contribution in [-0.2, 0) is 0 Å². The van der Waals surface area contributed by atoms with E-state index in [-0.39, 0.29) is 0 Å². The molecule has 0 atom stereocenters. The van der Waals surface area contributed by atoms with Crippen LogP contribution >= 0.6 is 0 Å². The first kappa shape index (κ1) is 14.4. The molecule has 0 saturated heterocycles. The van der Waals surface area contributed by atoms with E-state index in [1.54, 1.807) is 0 Å². The van der Waals surface area contributed by atoms with Crippen molar-refractivity contribution in [3.63, 3.8) is 0 Å². The fourth-order valence-corrected chi connectivity index (χ4v) is 2.74. The number of benzene rings is 3. The predicted octanol–water partition coefficient (Wildman–Crippen LogP) is 4.79. The van der Waals surface area contributed by atoms with Gasteiger partial charge in [0.15, 0.2) is 0 Å². The summed E-state index contributed by atoms with van der Waals surface area (Å²) in [6.45, 7) is 2.09. The van der Waals surface area contributed by atoms with Crippen molar-refractivity contribution in [2.45, 2.75) is 6.92 Å². The number of hydrogen-bond donors (Lipinski definition) is 0. The Hall–Kier alpha value is -3.20. The van der Waals surface area contributed by atoms with E-state index in [0.29, 0.717) is 0 Å². The van der Waals surface area contributed by atoms with Crippen molar-refractivity contribution in [2.24, 2.45) is 0 Å². The number of hydrogen-bond acceptors (Lipinski definition) is 2. The number of para-hydroxylation sites is 1. The molecule has 116 valence electrons. The van der Waals surface area contributed by atoms with Gasteiger partial charge in [0.05, 0.1) is 11.2 Å². The number of fused-ring (bicyclic) bond motifs is 1. The van der Waals surface area contributed by atoms with Crippen LogP contribution in [0.5, 0.6) is 0 Å². The lowest BCUT2D eigenvalue weighted by atomic mass is 10.1. The van der Waals surface area contributed by atoms with Crippen LogP contribution in [0.3, 0.4) is 0 Å². The summed E-state index contributed by atoms with van der Waals surface area (Å²) in [5.41, 5.74) is 6.39. The van der Waals surface area contributed by atoms with E-state index in [0.717, 1.165) is 27.9 Å². The minimum atomic E-state index is 0.892. The molecule has 1 aromatic heterocycles. The average molecular weight is 311 g/mol. The summed E-state index contributed by atoms with van der Waals surface area (Å²) in [5, 5.41) is 8.68. The molecule has 3 nitrogen and oxygen atoms in total. The van der Waals surface area contributed by atoms with E-state index in [4.69, 9.17) is 0 Å². The molecule has 0 aliphatic heterocycles. The molecule has 24 heavy (non-hydrogen) atoms. The van der Waals surface area contributed by atoms with Gasteiger partial charge in [-0.2, -0.15) is 0 Å². The minimum Gasteiger partial charge on any atom is -0.212 e. The van der Waals surface area contributed by atoms with Gasteiger partial charge in [0.25, 0.3) is 0 Å². The molecule has 0 spiro atoms. The van der Waals surface area contributed by atoms with Crippen LogP contribution in [0.15, 0.2) is 78.9 Å². The molecule has 0 amide bonds. The Morgan fingerprint density at radius 1 is 0.833 bits per heavy atom. The molecule has 0 aliphatic carbocycles. The van der Waals surface area contributed by atoms with Crippen LogP contribution < -0.4 is 0 Å². The SMILES string of the molecule is Cc1ccc(C=C(c2ccccc2)n2nnc3ccccc32)cc1. The maximum atomic E-state index is 4.38. The van der Waals surface area contributed by atoms with Gasteiger partial charge >= 0.3 is 0 Å². The average Bonchev–Trinajstić information content (AvgIpc) is 3.06. The van der Waals surface area contributed by atoms with Crippen molar-refractivity contribution in [3.05, 3.63) is 95.6 Å². The Kier molecular flexibility index (Phi) is 3.67. The molecule has 3 heteroatoms. The van der Waals surface area contributed by atoms with Crippen LogP contribution in [0.2, 0.25) is 0 Å². The zero-order chi connectivity index (χ0) is 16.4. The fraction of sp³-hybridized carbons (Fsp3) is 0.0476. The van der Waals surface area contributed by atoms with Crippen LogP contribution in [0.1, 0.15) is 16.7 Å². The van der Waals surface area contributed by atoms with Gasteiger partial charge in [0.1, 0.15) is 5.52 Å². The van der Waals surface area contributed by atoms with E-state index in [9.17, 15) is 0 Å². The van der Waals surface area contributed by atoms with Crippen molar-refractivity contribution < 1.29 is 0 Å². The highest BCUT2D eigenvalue weighted by atomic mass is 15.4. The predicted molar refractivity (Wildman–Crippen MR) is 98.4 cm³/mol. The van der Waals surface area contributed by atoms with Crippen LogP contribution in [0, 0.1) is 6.92 Å². The van der Waals surface area contributed by atoms with E-state index < -0.39 is 0 Å². The summed E-state index contributed by atoms with van der Waals surface area (Å²) >= 11 is 0. The number of rotatable bonds is 3. The van der Waals surface area contributed by atoms with Gasteiger partial charge in [0.2, 0.25) is 0 Å². The molecule has 4 aromatic rings. The van der Waals surface area contributed by atoms with Crippen LogP contribution in [0.25, 0.3) is 22.8 Å². The van der Waals surface area contributed by atoms with Gasteiger partial charge in [-0.3, -0.25) is 0 Å². The van der Waals surface area contributed by atoms with Gasteiger partial charge in [-0.25, -0.2) is 4.68 Å². The standard InChI is InChI=1S/C21H17N3/c1-16-11-13-17(14-12-16)15-21(18-7-3-2-4-8-18)24-20-10-6-5-9-19(20)22-23-24/h2-15H,1H3. The van der Waals surface area contributed by atoms with E-state index in [1.165, 1.54) is 5.56 Å². The van der Waals surface area contributed by atoms with Gasteiger partial charge in [0, 0.05) is 5.56 Å². The molecule has 3 aromatic carbocycles. The van der Waals surface area contributed by atoms with Crippen molar-refractivity contribution >= 4 is 22.8 Å². The molecule has 4 rings (SSSR count). The summed E-state index contributed by atoms with van der Waals surface area (Å²) in [4.78, 5) is 0. The first-order chi connectivity index (χ1) is 11.8. The second-order valence-corrected chi connectivity index (χ2v) is 5.80. The largest absolute Gasteiger partial charge is 0.212 e. The Morgan fingerprint density at radius 3 is 2.33 bits per heavy atom. The van der Waals surface area contributed by atoms with E-state index in [2.05, 4.69) is 59.7 Å². The van der Waals surface area contributed by atoms with Crippen molar-refractivity contribution in [1.29, 1.82) is 0 Å². The van der Waals surface area contributed by atoms with Crippen molar-refractivity contribution in [3.8, 4) is 0 Å². The first-order valence-corrected chi connectivity index (χ1v) is 7.96. The molecule has 0 fully saturated rings. The first-order valence-electron chi connectivity index (χ1n) is 7.96. The fourth-order valence-electron chi connectivity index (χ4n) is 2.74. The Balaban J connectivity index is 1.92. The number of nitrogens with zero attached hydrogens (tertiary/aromatic N) is 3. The Morgan fingerprint density at radius 2 is 1.54 bits per heavy atom. The van der Waals surface area contributed by atoms with Gasteiger partial charge in [-0.05, 0) is 30.7 Å². The number of aryl methyl sites for hydroxylation is 1. The maximum absolute atomic E-state index is 4.38. The minimum absolute atomic E-state index is 0.892. The third kappa shape index (κ3) is 2.72. The molecule has 0 aliphatic rings. The topological polar surface area (TPSA) is 30.7 Å². The number of aromatic nitrogens is 3. The molecular formula is C21H17N3. The second-order valence-electron chi connectivity index (χ2n) is 5.80. The molecule has 0 radical (unpaired) electrons. The lowest BCUT2D eigenvalue weighted by Gasteiger charge is -2.09. The molecule has 0 bridgehead atoms. The van der Waals surface area contributed by atoms with Crippen LogP contribution in [-0.4, -0.2) is 15.0 Å². The summed E-state index contributed by atoms with van der Waals surface area (Å²) in [7, 11) is 0. The zero-order valence-electron chi connectivity index (χ0n) is 13.4. The molecule has 0 N–H and O–H groups in total. The van der Waals surface area contributed by atoms with Crippen molar-refractivity contribution in [1.82, 2.24) is 15.0 Å². The van der Waals surface area contributed by atoms with E-state index in [1.807, 2.05) is 47.1 Å². The summed E-state index contributed by atoms with van der Waals surface area (Å²) in [6.07, 6.45) is 2.15. The van der Waals surface area contributed by atoms with Gasteiger partial charge in [-0.15, -0.1) is 5.10 Å².